The number of carbonyl (C=O) groups excluding carboxylic acids is 2. The van der Waals surface area contributed by atoms with Crippen LogP contribution in [0.4, 0.5) is 5.82 Å². The second kappa shape index (κ2) is 5.76. The minimum Gasteiger partial charge on any atom is -0.360 e. The molecule has 0 radical (unpaired) electrons. The Bertz CT molecular complexity index is 580. The Hall–Kier alpha value is -2.70. The van der Waals surface area contributed by atoms with Crippen molar-refractivity contribution in [3.8, 4) is 0 Å². The molecule has 98 valence electrons. The highest BCUT2D eigenvalue weighted by molar-refractivity contribution is 6.39. The van der Waals surface area contributed by atoms with Gasteiger partial charge in [-0.1, -0.05) is 11.2 Å². The lowest BCUT2D eigenvalue weighted by molar-refractivity contribution is -0.136. The lowest BCUT2D eigenvalue weighted by Gasteiger charge is -2.04. The predicted octanol–water partition coefficient (Wildman–Crippen LogP) is 0.633. The van der Waals surface area contributed by atoms with Gasteiger partial charge < -0.3 is 9.84 Å². The molecule has 0 aliphatic rings. The summed E-state index contributed by atoms with van der Waals surface area (Å²) < 4.78 is 4.77. The number of hydrogen-bond donors (Lipinski definition) is 2. The molecule has 19 heavy (non-hydrogen) atoms. The molecule has 0 bridgehead atoms. The molecule has 7 nitrogen and oxygen atoms in total. The molecule has 7 heteroatoms. The van der Waals surface area contributed by atoms with Crippen molar-refractivity contribution in [1.29, 1.82) is 0 Å². The third-order valence-electron chi connectivity index (χ3n) is 2.25. The summed E-state index contributed by atoms with van der Waals surface area (Å²) in [6.07, 6.45) is 3.24. The second-order valence-electron chi connectivity index (χ2n) is 3.82. The molecule has 0 saturated carbocycles. The SMILES string of the molecule is Cc1cc(NC(=O)C(=O)NCc2cccnc2)no1. The molecule has 0 saturated heterocycles. The van der Waals surface area contributed by atoms with E-state index in [0.717, 1.165) is 5.56 Å². The number of carbonyl (C=O) groups is 2. The zero-order valence-electron chi connectivity index (χ0n) is 10.2. The molecule has 0 unspecified atom stereocenters. The van der Waals surface area contributed by atoms with E-state index in [2.05, 4.69) is 20.8 Å². The van der Waals surface area contributed by atoms with Gasteiger partial charge in [0.05, 0.1) is 0 Å². The van der Waals surface area contributed by atoms with Gasteiger partial charge in [-0.15, -0.1) is 0 Å². The van der Waals surface area contributed by atoms with E-state index in [1.165, 1.54) is 6.07 Å². The molecule has 2 amide bonds. The van der Waals surface area contributed by atoms with E-state index in [1.807, 2.05) is 0 Å². The number of nitrogens with one attached hydrogen (secondary N) is 2. The molecular weight excluding hydrogens is 248 g/mol. The van der Waals surface area contributed by atoms with Crippen LogP contribution in [0.1, 0.15) is 11.3 Å². The zero-order chi connectivity index (χ0) is 13.7. The molecule has 2 rings (SSSR count). The minimum absolute atomic E-state index is 0.207. The average molecular weight is 260 g/mol. The summed E-state index contributed by atoms with van der Waals surface area (Å²) >= 11 is 0. The first-order chi connectivity index (χ1) is 9.15. The van der Waals surface area contributed by atoms with E-state index in [1.54, 1.807) is 31.5 Å². The summed E-state index contributed by atoms with van der Waals surface area (Å²) in [6.45, 7) is 1.92. The second-order valence-corrected chi connectivity index (χ2v) is 3.82. The zero-order valence-corrected chi connectivity index (χ0v) is 10.2. The lowest BCUT2D eigenvalue weighted by atomic mass is 10.3. The van der Waals surface area contributed by atoms with Crippen LogP contribution in [-0.4, -0.2) is 22.0 Å². The molecule has 0 fully saturated rings. The fraction of sp³-hybridized carbons (Fsp3) is 0.167. The fourth-order valence-electron chi connectivity index (χ4n) is 1.36. The van der Waals surface area contributed by atoms with Crippen molar-refractivity contribution in [2.75, 3.05) is 5.32 Å². The van der Waals surface area contributed by atoms with E-state index in [9.17, 15) is 9.59 Å². The van der Waals surface area contributed by atoms with Gasteiger partial charge in [-0.25, -0.2) is 0 Å². The topological polar surface area (TPSA) is 97.1 Å². The smallest absolute Gasteiger partial charge is 0.314 e. The van der Waals surface area contributed by atoms with Crippen LogP contribution in [0, 0.1) is 6.92 Å². The maximum absolute atomic E-state index is 11.5. The Kier molecular flexibility index (Phi) is 3.87. The quantitative estimate of drug-likeness (QED) is 0.789. The third-order valence-corrected chi connectivity index (χ3v) is 2.25. The van der Waals surface area contributed by atoms with Crippen LogP contribution >= 0.6 is 0 Å². The van der Waals surface area contributed by atoms with E-state index in [-0.39, 0.29) is 12.4 Å². The predicted molar refractivity (Wildman–Crippen MR) is 66.0 cm³/mol. The molecule has 0 spiro atoms. The van der Waals surface area contributed by atoms with Crippen molar-refractivity contribution in [3.05, 3.63) is 41.9 Å². The van der Waals surface area contributed by atoms with Crippen LogP contribution in [-0.2, 0) is 16.1 Å². The van der Waals surface area contributed by atoms with Crippen molar-refractivity contribution in [1.82, 2.24) is 15.5 Å². The van der Waals surface area contributed by atoms with Crippen molar-refractivity contribution >= 4 is 17.6 Å². The van der Waals surface area contributed by atoms with Gasteiger partial charge in [0.2, 0.25) is 0 Å². The fourth-order valence-corrected chi connectivity index (χ4v) is 1.36. The Morgan fingerprint density at radius 3 is 2.84 bits per heavy atom. The van der Waals surface area contributed by atoms with Crippen molar-refractivity contribution in [2.24, 2.45) is 0 Å². The highest BCUT2D eigenvalue weighted by Gasteiger charge is 2.14. The summed E-state index contributed by atoms with van der Waals surface area (Å²) in [6, 6.07) is 5.07. The number of amides is 2. The molecule has 2 aromatic rings. The van der Waals surface area contributed by atoms with E-state index < -0.39 is 11.8 Å². The van der Waals surface area contributed by atoms with Crippen molar-refractivity contribution < 1.29 is 14.1 Å². The standard InChI is InChI=1S/C12H12N4O3/c1-8-5-10(16-19-8)15-12(18)11(17)14-7-9-3-2-4-13-6-9/h2-6H,7H2,1H3,(H,14,17)(H,15,16,18). The average Bonchev–Trinajstić information content (AvgIpc) is 2.82. The highest BCUT2D eigenvalue weighted by Crippen LogP contribution is 2.06. The molecule has 0 aromatic carbocycles. The normalized spacial score (nSPS) is 9.95. The van der Waals surface area contributed by atoms with Gasteiger partial charge in [0.15, 0.2) is 5.82 Å². The number of anilines is 1. The lowest BCUT2D eigenvalue weighted by Crippen LogP contribution is -2.35. The van der Waals surface area contributed by atoms with Gasteiger partial charge in [0.1, 0.15) is 5.76 Å². The number of rotatable bonds is 3. The van der Waals surface area contributed by atoms with Gasteiger partial charge in [-0.3, -0.25) is 19.9 Å². The number of hydrogen-bond acceptors (Lipinski definition) is 5. The summed E-state index contributed by atoms with van der Waals surface area (Å²) in [5.41, 5.74) is 0.806. The monoisotopic (exact) mass is 260 g/mol. The number of aryl methyl sites for hydroxylation is 1. The third kappa shape index (κ3) is 3.63. The van der Waals surface area contributed by atoms with E-state index in [0.29, 0.717) is 5.76 Å². The van der Waals surface area contributed by atoms with Crippen LogP contribution in [0.3, 0.4) is 0 Å². The van der Waals surface area contributed by atoms with E-state index >= 15 is 0 Å². The summed E-state index contributed by atoms with van der Waals surface area (Å²) in [5, 5.41) is 8.36. The van der Waals surface area contributed by atoms with Gasteiger partial charge in [-0.05, 0) is 18.6 Å². The van der Waals surface area contributed by atoms with E-state index in [4.69, 9.17) is 4.52 Å². The molecule has 0 aliphatic heterocycles. The Morgan fingerprint density at radius 2 is 2.21 bits per heavy atom. The first-order valence-corrected chi connectivity index (χ1v) is 5.56. The van der Waals surface area contributed by atoms with Gasteiger partial charge in [0, 0.05) is 25.0 Å². The molecule has 2 aromatic heterocycles. The Morgan fingerprint density at radius 1 is 1.37 bits per heavy atom. The van der Waals surface area contributed by atoms with Crippen LogP contribution < -0.4 is 10.6 Å². The van der Waals surface area contributed by atoms with Gasteiger partial charge in [0.25, 0.3) is 0 Å². The summed E-state index contributed by atoms with van der Waals surface area (Å²) in [5.74, 6) is -0.785. The van der Waals surface area contributed by atoms with Gasteiger partial charge >= 0.3 is 11.8 Å². The Balaban J connectivity index is 1.84. The van der Waals surface area contributed by atoms with Crippen LogP contribution in [0.25, 0.3) is 0 Å². The molecule has 0 atom stereocenters. The van der Waals surface area contributed by atoms with Crippen molar-refractivity contribution in [3.63, 3.8) is 0 Å². The molecule has 2 heterocycles. The number of pyridine rings is 1. The number of aromatic nitrogens is 2. The molecule has 2 N–H and O–H groups in total. The maximum atomic E-state index is 11.5. The van der Waals surface area contributed by atoms with Gasteiger partial charge in [-0.2, -0.15) is 0 Å². The molecule has 0 aliphatic carbocycles. The van der Waals surface area contributed by atoms with Crippen LogP contribution in [0.15, 0.2) is 35.1 Å². The Labute approximate surface area is 109 Å². The highest BCUT2D eigenvalue weighted by atomic mass is 16.5. The first-order valence-electron chi connectivity index (χ1n) is 5.56. The van der Waals surface area contributed by atoms with Crippen LogP contribution in [0.2, 0.25) is 0 Å². The largest absolute Gasteiger partial charge is 0.360 e. The first kappa shape index (κ1) is 12.7. The maximum Gasteiger partial charge on any atom is 0.314 e. The van der Waals surface area contributed by atoms with Crippen LogP contribution in [0.5, 0.6) is 0 Å². The number of nitrogens with zero attached hydrogens (tertiary/aromatic N) is 2. The minimum atomic E-state index is -0.794. The summed E-state index contributed by atoms with van der Waals surface area (Å²) in [4.78, 5) is 27.0. The summed E-state index contributed by atoms with van der Waals surface area (Å²) in [7, 11) is 0. The molecular formula is C12H12N4O3. The van der Waals surface area contributed by atoms with Crippen molar-refractivity contribution in [2.45, 2.75) is 13.5 Å².